The second-order valence-electron chi connectivity index (χ2n) is 9.76. The molecule has 192 valence electrons. The minimum absolute atomic E-state index is 0.479. The van der Waals surface area contributed by atoms with Gasteiger partial charge in [-0.05, 0) is 32.1 Å². The van der Waals surface area contributed by atoms with Gasteiger partial charge in [-0.15, -0.1) is 0 Å². The molecule has 0 radical (unpaired) electrons. The van der Waals surface area contributed by atoms with Gasteiger partial charge >= 0.3 is 17.9 Å². The van der Waals surface area contributed by atoms with E-state index in [2.05, 4.69) is 19.1 Å². The number of rotatable bonds is 21. The zero-order valence-electron chi connectivity index (χ0n) is 21.3. The first-order valence-electron chi connectivity index (χ1n) is 12.7. The Bertz CT molecular complexity index is 544. The smallest absolute Gasteiger partial charge is 0.306 e. The van der Waals surface area contributed by atoms with Gasteiger partial charge in [-0.1, -0.05) is 52.7 Å². The van der Waals surface area contributed by atoms with Crippen molar-refractivity contribution >= 4 is 17.9 Å². The van der Waals surface area contributed by atoms with Crippen molar-refractivity contribution in [3.63, 3.8) is 0 Å². The summed E-state index contributed by atoms with van der Waals surface area (Å²) in [4.78, 5) is 34.2. The molecule has 7 nitrogen and oxygen atoms in total. The number of carboxylic acids is 3. The van der Waals surface area contributed by atoms with Gasteiger partial charge in [-0.25, -0.2) is 0 Å². The van der Waals surface area contributed by atoms with E-state index in [-0.39, 0.29) is 0 Å². The molecule has 0 aromatic heterocycles. The average molecular weight is 471 g/mol. The molecule has 7 heteroatoms. The Labute approximate surface area is 200 Å². The lowest BCUT2D eigenvalue weighted by atomic mass is 10.0. The van der Waals surface area contributed by atoms with Crippen molar-refractivity contribution in [2.24, 2.45) is 17.8 Å². The summed E-state index contributed by atoms with van der Waals surface area (Å²) in [5.41, 5.74) is 0. The first-order chi connectivity index (χ1) is 15.5. The molecule has 0 aliphatic heterocycles. The third kappa shape index (κ3) is 14.8. The quantitative estimate of drug-likeness (QED) is 0.117. The van der Waals surface area contributed by atoms with Crippen molar-refractivity contribution in [1.29, 1.82) is 0 Å². The normalized spacial score (nSPS) is 16.2. The molecule has 0 bridgehead atoms. The highest BCUT2D eigenvalue weighted by molar-refractivity contribution is 5.70. The van der Waals surface area contributed by atoms with Crippen LogP contribution in [-0.2, 0) is 14.4 Å². The Kier molecular flexibility index (Phi) is 16.6. The standard InChI is InChI=1S/C26H47NO6/c1-5-6-7-8-9-10-11-12-13-17-27(18-14-21(2)24(28)29,19-15-22(3)25(30)31)20-16-23(4)26(32)33/h6-7,21-23H,5,8-20H2,1-4H3,(H2-,28,29,30,31,32,33)/p+1/b7-6+. The number of hydrogen-bond donors (Lipinski definition) is 3. The van der Waals surface area contributed by atoms with Crippen LogP contribution in [0, 0.1) is 17.8 Å². The lowest BCUT2D eigenvalue weighted by molar-refractivity contribution is -0.929. The Morgan fingerprint density at radius 1 is 0.636 bits per heavy atom. The second kappa shape index (κ2) is 17.6. The van der Waals surface area contributed by atoms with Gasteiger partial charge in [0.25, 0.3) is 0 Å². The molecule has 0 fully saturated rings. The monoisotopic (exact) mass is 470 g/mol. The fourth-order valence-electron chi connectivity index (χ4n) is 3.97. The van der Waals surface area contributed by atoms with Crippen molar-refractivity contribution in [2.45, 2.75) is 91.9 Å². The van der Waals surface area contributed by atoms with Gasteiger partial charge in [0.05, 0.1) is 43.9 Å². The predicted molar refractivity (Wildman–Crippen MR) is 131 cm³/mol. The minimum atomic E-state index is -0.831. The summed E-state index contributed by atoms with van der Waals surface area (Å²) in [6.07, 6.45) is 13.7. The number of quaternary nitrogens is 1. The van der Waals surface area contributed by atoms with E-state index in [1.54, 1.807) is 20.8 Å². The summed E-state index contributed by atoms with van der Waals surface area (Å²) < 4.78 is 0.603. The van der Waals surface area contributed by atoms with Crippen molar-refractivity contribution in [1.82, 2.24) is 0 Å². The Morgan fingerprint density at radius 2 is 1.03 bits per heavy atom. The Morgan fingerprint density at radius 3 is 1.42 bits per heavy atom. The highest BCUT2D eigenvalue weighted by Gasteiger charge is 2.31. The highest BCUT2D eigenvalue weighted by atomic mass is 16.4. The summed E-state index contributed by atoms with van der Waals surface area (Å²) in [7, 11) is 0. The Balaban J connectivity index is 5.16. The zero-order chi connectivity index (χ0) is 25.3. The zero-order valence-corrected chi connectivity index (χ0v) is 21.3. The number of aliphatic carboxylic acids is 3. The highest BCUT2D eigenvalue weighted by Crippen LogP contribution is 2.21. The fraction of sp³-hybridized carbons (Fsp3) is 0.808. The third-order valence-corrected chi connectivity index (χ3v) is 6.78. The predicted octanol–water partition coefficient (Wildman–Crippen LogP) is 5.44. The van der Waals surface area contributed by atoms with Gasteiger partial charge in [0.2, 0.25) is 0 Å². The van der Waals surface area contributed by atoms with Crippen LogP contribution in [0.5, 0.6) is 0 Å². The fourth-order valence-corrected chi connectivity index (χ4v) is 3.97. The summed E-state index contributed by atoms with van der Waals surface area (Å²) in [6.45, 7) is 9.96. The van der Waals surface area contributed by atoms with E-state index >= 15 is 0 Å². The van der Waals surface area contributed by atoms with E-state index < -0.39 is 35.7 Å². The molecule has 0 saturated carbocycles. The van der Waals surface area contributed by atoms with E-state index in [1.165, 1.54) is 12.8 Å². The largest absolute Gasteiger partial charge is 0.481 e. The van der Waals surface area contributed by atoms with Gasteiger partial charge in [0.1, 0.15) is 0 Å². The maximum Gasteiger partial charge on any atom is 0.306 e. The molecule has 0 amide bonds. The van der Waals surface area contributed by atoms with E-state index in [9.17, 15) is 29.7 Å². The molecule has 0 heterocycles. The van der Waals surface area contributed by atoms with Gasteiger partial charge in [0.15, 0.2) is 0 Å². The first kappa shape index (κ1) is 31.1. The van der Waals surface area contributed by atoms with Crippen LogP contribution in [0.1, 0.15) is 91.9 Å². The van der Waals surface area contributed by atoms with Crippen molar-refractivity contribution < 1.29 is 34.2 Å². The van der Waals surface area contributed by atoms with Crippen molar-refractivity contribution in [3.8, 4) is 0 Å². The van der Waals surface area contributed by atoms with Crippen LogP contribution in [-0.4, -0.2) is 63.9 Å². The molecule has 0 aliphatic carbocycles. The van der Waals surface area contributed by atoms with Crippen LogP contribution < -0.4 is 0 Å². The molecule has 0 saturated heterocycles. The molecule has 0 aromatic carbocycles. The molecule has 0 aliphatic rings. The van der Waals surface area contributed by atoms with Gasteiger partial charge in [-0.3, -0.25) is 14.4 Å². The minimum Gasteiger partial charge on any atom is -0.481 e. The van der Waals surface area contributed by atoms with Crippen LogP contribution in [0.15, 0.2) is 12.2 Å². The van der Waals surface area contributed by atoms with E-state index in [0.717, 1.165) is 38.6 Å². The summed E-state index contributed by atoms with van der Waals surface area (Å²) in [6, 6.07) is 0. The van der Waals surface area contributed by atoms with Gasteiger partial charge < -0.3 is 19.8 Å². The summed E-state index contributed by atoms with van der Waals surface area (Å²) in [5, 5.41) is 28.0. The van der Waals surface area contributed by atoms with E-state index in [1.807, 2.05) is 0 Å². The van der Waals surface area contributed by atoms with Crippen LogP contribution >= 0.6 is 0 Å². The van der Waals surface area contributed by atoms with E-state index in [4.69, 9.17) is 0 Å². The third-order valence-electron chi connectivity index (χ3n) is 6.78. The second-order valence-corrected chi connectivity index (χ2v) is 9.76. The SMILES string of the molecule is CC/C=C/CCCCCCC[N+](CCC(C)C(=O)O)(CCC(C)C(=O)O)CCC(C)C(=O)O. The molecule has 0 spiro atoms. The lowest BCUT2D eigenvalue weighted by Crippen LogP contribution is -2.52. The van der Waals surface area contributed by atoms with E-state index in [0.29, 0.717) is 43.4 Å². The van der Waals surface area contributed by atoms with Gasteiger partial charge in [-0.2, -0.15) is 0 Å². The van der Waals surface area contributed by atoms with Crippen molar-refractivity contribution in [2.75, 3.05) is 26.2 Å². The number of unbranched alkanes of at least 4 members (excludes halogenated alkanes) is 5. The molecule has 33 heavy (non-hydrogen) atoms. The average Bonchev–Trinajstić information content (AvgIpc) is 2.77. The molecule has 3 atom stereocenters. The molecular formula is C26H48NO6+. The van der Waals surface area contributed by atoms with Crippen LogP contribution in [0.25, 0.3) is 0 Å². The van der Waals surface area contributed by atoms with Crippen molar-refractivity contribution in [3.05, 3.63) is 12.2 Å². The lowest BCUT2D eigenvalue weighted by Gasteiger charge is -2.40. The number of hydrogen-bond acceptors (Lipinski definition) is 3. The molecule has 0 rings (SSSR count). The number of nitrogens with zero attached hydrogens (tertiary/aromatic N) is 1. The number of allylic oxidation sites excluding steroid dienone is 2. The Hall–Kier alpha value is -1.89. The number of carbonyl (C=O) groups is 3. The first-order valence-corrected chi connectivity index (χ1v) is 12.7. The maximum atomic E-state index is 11.4. The molecule has 3 unspecified atom stereocenters. The van der Waals surface area contributed by atoms with Crippen LogP contribution in [0.4, 0.5) is 0 Å². The maximum absolute atomic E-state index is 11.4. The topological polar surface area (TPSA) is 112 Å². The van der Waals surface area contributed by atoms with Gasteiger partial charge in [0, 0.05) is 19.3 Å². The molecule has 3 N–H and O–H groups in total. The molecular weight excluding hydrogens is 422 g/mol. The molecule has 0 aromatic rings. The van der Waals surface area contributed by atoms with Crippen LogP contribution in [0.2, 0.25) is 0 Å². The summed E-state index contributed by atoms with van der Waals surface area (Å²) in [5.74, 6) is -3.93. The van der Waals surface area contributed by atoms with Crippen LogP contribution in [0.3, 0.4) is 0 Å². The summed E-state index contributed by atoms with van der Waals surface area (Å²) >= 11 is 0. The number of carboxylic acid groups (broad SMARTS) is 3.